The van der Waals surface area contributed by atoms with Crippen LogP contribution in [0.1, 0.15) is 23.2 Å². The van der Waals surface area contributed by atoms with E-state index in [1.165, 1.54) is 7.11 Å². The number of methoxy groups -OCH3 is 1. The predicted molar refractivity (Wildman–Crippen MR) is 79.1 cm³/mol. The van der Waals surface area contributed by atoms with Gasteiger partial charge >= 0.3 is 5.97 Å². The average Bonchev–Trinajstić information content (AvgIpc) is 2.88. The first-order valence-electron chi connectivity index (χ1n) is 6.76. The van der Waals surface area contributed by atoms with Gasteiger partial charge in [-0.3, -0.25) is 9.59 Å². The highest BCUT2D eigenvalue weighted by Gasteiger charge is 2.20. The van der Waals surface area contributed by atoms with Gasteiger partial charge in [-0.2, -0.15) is 0 Å². The molecule has 1 aromatic carbocycles. The van der Waals surface area contributed by atoms with E-state index < -0.39 is 6.04 Å². The third-order valence-corrected chi connectivity index (χ3v) is 3.54. The molecule has 0 aliphatic heterocycles. The van der Waals surface area contributed by atoms with Gasteiger partial charge in [-0.15, -0.1) is 0 Å². The summed E-state index contributed by atoms with van der Waals surface area (Å²) in [5.41, 5.74) is 2.35. The maximum Gasteiger partial charge on any atom is 0.305 e. The van der Waals surface area contributed by atoms with Gasteiger partial charge in [-0.1, -0.05) is 0 Å². The molecule has 21 heavy (non-hydrogen) atoms. The van der Waals surface area contributed by atoms with E-state index in [-0.39, 0.29) is 18.2 Å². The van der Waals surface area contributed by atoms with Crippen molar-refractivity contribution in [3.63, 3.8) is 0 Å². The number of esters is 1. The number of imidazole rings is 1. The Kier molecular flexibility index (Phi) is 4.70. The highest BCUT2D eigenvalue weighted by Crippen LogP contribution is 2.16. The molecule has 6 heteroatoms. The van der Waals surface area contributed by atoms with E-state index in [4.69, 9.17) is 0 Å². The average molecular weight is 289 g/mol. The lowest BCUT2D eigenvalue weighted by Crippen LogP contribution is -2.34. The zero-order valence-electron chi connectivity index (χ0n) is 12.4. The van der Waals surface area contributed by atoms with E-state index in [0.29, 0.717) is 12.0 Å². The Balaban J connectivity index is 2.16. The Morgan fingerprint density at radius 2 is 2.19 bits per heavy atom. The van der Waals surface area contributed by atoms with Gasteiger partial charge in [0.2, 0.25) is 0 Å². The molecule has 1 heterocycles. The number of ether oxygens (including phenoxy) is 1. The van der Waals surface area contributed by atoms with Crippen LogP contribution in [0.4, 0.5) is 0 Å². The molecule has 2 rings (SSSR count). The van der Waals surface area contributed by atoms with Crippen LogP contribution in [0, 0.1) is 0 Å². The quantitative estimate of drug-likeness (QED) is 0.641. The number of Topliss-reactive ketones (excluding diaryl/α,β-unsaturated/α-hetero) is 1. The zero-order chi connectivity index (χ0) is 15.4. The van der Waals surface area contributed by atoms with Crippen molar-refractivity contribution in [2.45, 2.75) is 18.9 Å². The molecular weight excluding hydrogens is 270 g/mol. The van der Waals surface area contributed by atoms with Crippen molar-refractivity contribution < 1.29 is 14.3 Å². The Bertz CT molecular complexity index is 663. The smallest absolute Gasteiger partial charge is 0.305 e. The summed E-state index contributed by atoms with van der Waals surface area (Å²) in [6.45, 7) is 0. The first-order chi connectivity index (χ1) is 10.1. The van der Waals surface area contributed by atoms with Crippen LogP contribution in [0.2, 0.25) is 0 Å². The molecule has 1 unspecified atom stereocenters. The maximum absolute atomic E-state index is 12.5. The highest BCUT2D eigenvalue weighted by atomic mass is 16.5. The first-order valence-corrected chi connectivity index (χ1v) is 6.76. The number of carbonyl (C=O) groups is 2. The summed E-state index contributed by atoms with van der Waals surface area (Å²) in [7, 11) is 4.95. The second-order valence-corrected chi connectivity index (χ2v) is 4.88. The van der Waals surface area contributed by atoms with Crippen LogP contribution in [-0.4, -0.2) is 41.5 Å². The molecule has 6 nitrogen and oxygen atoms in total. The lowest BCUT2D eigenvalue weighted by atomic mass is 10.00. The molecule has 1 atom stereocenters. The molecule has 0 bridgehead atoms. The van der Waals surface area contributed by atoms with Gasteiger partial charge in [-0.05, 0) is 31.7 Å². The number of hydrogen-bond donors (Lipinski definition) is 1. The SMILES string of the molecule is CNC(CCC(=O)OC)C(=O)c1ccc2c(c1)ncn2C. The van der Waals surface area contributed by atoms with E-state index in [2.05, 4.69) is 15.0 Å². The third kappa shape index (κ3) is 3.28. The number of nitrogens with zero attached hydrogens (tertiary/aromatic N) is 2. The van der Waals surface area contributed by atoms with Gasteiger partial charge in [0, 0.05) is 19.0 Å². The number of fused-ring (bicyclic) bond motifs is 1. The van der Waals surface area contributed by atoms with Crippen LogP contribution < -0.4 is 5.32 Å². The minimum atomic E-state index is -0.412. The summed E-state index contributed by atoms with van der Waals surface area (Å²) in [6, 6.07) is 5.03. The van der Waals surface area contributed by atoms with Crippen LogP contribution in [0.5, 0.6) is 0 Å². The molecule has 0 aliphatic rings. The van der Waals surface area contributed by atoms with E-state index in [0.717, 1.165) is 11.0 Å². The van der Waals surface area contributed by atoms with E-state index in [1.54, 1.807) is 25.5 Å². The Labute approximate surface area is 123 Å². The Morgan fingerprint density at radius 1 is 1.43 bits per heavy atom. The van der Waals surface area contributed by atoms with Crippen molar-refractivity contribution >= 4 is 22.8 Å². The van der Waals surface area contributed by atoms with Crippen molar-refractivity contribution in [1.82, 2.24) is 14.9 Å². The second-order valence-electron chi connectivity index (χ2n) is 4.88. The second kappa shape index (κ2) is 6.49. The third-order valence-electron chi connectivity index (χ3n) is 3.54. The highest BCUT2D eigenvalue weighted by molar-refractivity contribution is 6.02. The predicted octanol–water partition coefficient (Wildman–Crippen LogP) is 1.30. The molecule has 0 amide bonds. The number of ketones is 1. The summed E-state index contributed by atoms with van der Waals surface area (Å²) in [5, 5.41) is 2.95. The molecule has 0 aliphatic carbocycles. The molecule has 0 fully saturated rings. The fraction of sp³-hybridized carbons (Fsp3) is 0.400. The van der Waals surface area contributed by atoms with Crippen molar-refractivity contribution in [3.05, 3.63) is 30.1 Å². The minimum absolute atomic E-state index is 0.0473. The number of carbonyl (C=O) groups excluding carboxylic acids is 2. The Hall–Kier alpha value is -2.21. The van der Waals surface area contributed by atoms with Crippen LogP contribution in [0.3, 0.4) is 0 Å². The van der Waals surface area contributed by atoms with Gasteiger partial charge < -0.3 is 14.6 Å². The zero-order valence-corrected chi connectivity index (χ0v) is 12.4. The number of aromatic nitrogens is 2. The van der Waals surface area contributed by atoms with Crippen molar-refractivity contribution in [3.8, 4) is 0 Å². The lowest BCUT2D eigenvalue weighted by molar-refractivity contribution is -0.140. The topological polar surface area (TPSA) is 73.2 Å². The van der Waals surface area contributed by atoms with Gasteiger partial charge in [0.25, 0.3) is 0 Å². The number of rotatable bonds is 6. The minimum Gasteiger partial charge on any atom is -0.469 e. The normalized spacial score (nSPS) is 12.3. The molecule has 2 aromatic rings. The van der Waals surface area contributed by atoms with Gasteiger partial charge in [-0.25, -0.2) is 4.98 Å². The van der Waals surface area contributed by atoms with E-state index in [1.807, 2.05) is 17.7 Å². The molecule has 0 saturated carbocycles. The van der Waals surface area contributed by atoms with Crippen LogP contribution in [0.25, 0.3) is 11.0 Å². The lowest BCUT2D eigenvalue weighted by Gasteiger charge is -2.14. The van der Waals surface area contributed by atoms with Gasteiger partial charge in [0.1, 0.15) is 0 Å². The van der Waals surface area contributed by atoms with E-state index in [9.17, 15) is 9.59 Å². The molecule has 112 valence electrons. The fourth-order valence-corrected chi connectivity index (χ4v) is 2.26. The molecule has 0 saturated heterocycles. The number of hydrogen-bond acceptors (Lipinski definition) is 5. The Morgan fingerprint density at radius 3 is 2.86 bits per heavy atom. The van der Waals surface area contributed by atoms with Crippen LogP contribution >= 0.6 is 0 Å². The van der Waals surface area contributed by atoms with Crippen molar-refractivity contribution in [1.29, 1.82) is 0 Å². The van der Waals surface area contributed by atoms with Crippen molar-refractivity contribution in [2.24, 2.45) is 7.05 Å². The molecule has 1 aromatic heterocycles. The van der Waals surface area contributed by atoms with Crippen LogP contribution in [-0.2, 0) is 16.6 Å². The summed E-state index contributed by atoms with van der Waals surface area (Å²) >= 11 is 0. The van der Waals surface area contributed by atoms with Crippen molar-refractivity contribution in [2.75, 3.05) is 14.2 Å². The summed E-state index contributed by atoms with van der Waals surface area (Å²) in [6.07, 6.45) is 2.33. The standard InChI is InChI=1S/C15H19N3O3/c1-16-11(5-7-14(19)21-3)15(20)10-4-6-13-12(8-10)17-9-18(13)2/h4,6,8-9,11,16H,5,7H2,1-3H3. The monoisotopic (exact) mass is 289 g/mol. The largest absolute Gasteiger partial charge is 0.469 e. The number of aryl methyl sites for hydroxylation is 1. The summed E-state index contributed by atoms with van der Waals surface area (Å²) in [5.74, 6) is -0.364. The number of likely N-dealkylation sites (N-methyl/N-ethyl adjacent to an activating group) is 1. The van der Waals surface area contributed by atoms with Gasteiger partial charge in [0.15, 0.2) is 5.78 Å². The first kappa shape index (κ1) is 15.2. The summed E-state index contributed by atoms with van der Waals surface area (Å²) < 4.78 is 6.50. The molecule has 1 N–H and O–H groups in total. The summed E-state index contributed by atoms with van der Waals surface area (Å²) in [4.78, 5) is 27.9. The van der Waals surface area contributed by atoms with Gasteiger partial charge in [0.05, 0.1) is 30.5 Å². The molecule has 0 radical (unpaired) electrons. The van der Waals surface area contributed by atoms with E-state index >= 15 is 0 Å². The molecular formula is C15H19N3O3. The fourth-order valence-electron chi connectivity index (χ4n) is 2.26. The number of nitrogens with one attached hydrogen (secondary N) is 1. The molecule has 0 spiro atoms. The van der Waals surface area contributed by atoms with Crippen LogP contribution in [0.15, 0.2) is 24.5 Å². The maximum atomic E-state index is 12.5. The number of benzene rings is 1.